The molecule has 0 aliphatic heterocycles. The summed E-state index contributed by atoms with van der Waals surface area (Å²) in [5, 5.41) is 15.8. The highest BCUT2D eigenvalue weighted by Crippen LogP contribution is 2.20. The second-order valence-corrected chi connectivity index (χ2v) is 3.63. The van der Waals surface area contributed by atoms with Crippen molar-refractivity contribution in [1.82, 2.24) is 0 Å². The average Bonchev–Trinajstić information content (AvgIpc) is 2.74. The zero-order valence-corrected chi connectivity index (χ0v) is 11.6. The molecule has 0 aromatic heterocycles. The number of fused-ring (bicyclic) bond motifs is 1. The number of halogens is 4. The van der Waals surface area contributed by atoms with Crippen LogP contribution in [0.15, 0.2) is 24.3 Å². The third-order valence-electron chi connectivity index (χ3n) is 2.27. The number of carboxylic acid groups (broad SMARTS) is 2. The molecule has 2 rings (SSSR count). The number of aromatic carboxylic acids is 1. The van der Waals surface area contributed by atoms with Gasteiger partial charge in [0.2, 0.25) is 0 Å². The Balaban J connectivity index is 0.000000396. The first-order chi connectivity index (χ1) is 8.71. The van der Waals surface area contributed by atoms with Crippen LogP contribution >= 0.6 is 17.0 Å². The SMILES string of the molecule is Br.O=C(O)C(F)(F)F.O=C(O)c1ccc2c(c1)CC=C2. The van der Waals surface area contributed by atoms with Gasteiger partial charge in [-0.25, -0.2) is 9.59 Å². The Morgan fingerprint density at radius 3 is 2.15 bits per heavy atom. The smallest absolute Gasteiger partial charge is 0.478 e. The second kappa shape index (κ2) is 7.09. The molecule has 0 spiro atoms. The van der Waals surface area contributed by atoms with Crippen LogP contribution in [0.1, 0.15) is 21.5 Å². The van der Waals surface area contributed by atoms with Gasteiger partial charge in [0.25, 0.3) is 0 Å². The number of aliphatic carboxylic acids is 1. The first-order valence-corrected chi connectivity index (χ1v) is 5.04. The van der Waals surface area contributed by atoms with Crippen molar-refractivity contribution in [3.8, 4) is 0 Å². The van der Waals surface area contributed by atoms with Crippen LogP contribution in [-0.4, -0.2) is 28.3 Å². The van der Waals surface area contributed by atoms with Crippen LogP contribution in [0.3, 0.4) is 0 Å². The Kier molecular flexibility index (Phi) is 6.44. The van der Waals surface area contributed by atoms with Gasteiger partial charge in [-0.15, -0.1) is 17.0 Å². The topological polar surface area (TPSA) is 74.6 Å². The van der Waals surface area contributed by atoms with Crippen LogP contribution in [0.5, 0.6) is 0 Å². The van der Waals surface area contributed by atoms with E-state index in [2.05, 4.69) is 0 Å². The molecule has 8 heteroatoms. The van der Waals surface area contributed by atoms with Crippen LogP contribution in [0.2, 0.25) is 0 Å². The lowest BCUT2D eigenvalue weighted by atomic mass is 10.1. The van der Waals surface area contributed by atoms with Crippen LogP contribution < -0.4 is 0 Å². The fourth-order valence-electron chi connectivity index (χ4n) is 1.39. The molecule has 0 radical (unpaired) electrons. The summed E-state index contributed by atoms with van der Waals surface area (Å²) in [5.74, 6) is -3.61. The van der Waals surface area contributed by atoms with E-state index in [9.17, 15) is 18.0 Å². The molecule has 0 amide bonds. The number of carbonyl (C=O) groups is 2. The van der Waals surface area contributed by atoms with Crippen LogP contribution in [0.4, 0.5) is 13.2 Å². The summed E-state index contributed by atoms with van der Waals surface area (Å²) < 4.78 is 31.7. The highest BCUT2D eigenvalue weighted by molar-refractivity contribution is 8.93. The number of allylic oxidation sites excluding steroid dienone is 1. The molecule has 4 nitrogen and oxygen atoms in total. The maximum atomic E-state index is 10.6. The first-order valence-electron chi connectivity index (χ1n) is 5.04. The summed E-state index contributed by atoms with van der Waals surface area (Å²) >= 11 is 0. The van der Waals surface area contributed by atoms with Gasteiger partial charge in [-0.2, -0.15) is 13.2 Å². The standard InChI is InChI=1S/C10H8O2.C2HF3O2.BrH/c11-10(12)9-5-4-7-2-1-3-8(7)6-9;3-2(4,5)1(6)7;/h1-2,4-6H,3H2,(H,11,12);(H,6,7);1H. The van der Waals surface area contributed by atoms with Gasteiger partial charge in [-0.3, -0.25) is 0 Å². The third kappa shape index (κ3) is 5.04. The number of rotatable bonds is 1. The van der Waals surface area contributed by atoms with Gasteiger partial charge in [-0.1, -0.05) is 18.2 Å². The number of hydrogen-bond acceptors (Lipinski definition) is 2. The lowest BCUT2D eigenvalue weighted by Crippen LogP contribution is -2.21. The highest BCUT2D eigenvalue weighted by Gasteiger charge is 2.38. The van der Waals surface area contributed by atoms with Crippen molar-refractivity contribution in [2.75, 3.05) is 0 Å². The summed E-state index contributed by atoms with van der Waals surface area (Å²) in [7, 11) is 0. The number of carboxylic acids is 2. The molecule has 20 heavy (non-hydrogen) atoms. The third-order valence-corrected chi connectivity index (χ3v) is 2.27. The maximum Gasteiger partial charge on any atom is 0.490 e. The van der Waals surface area contributed by atoms with Crippen molar-refractivity contribution in [1.29, 1.82) is 0 Å². The fourth-order valence-corrected chi connectivity index (χ4v) is 1.39. The maximum absolute atomic E-state index is 10.6. The van der Waals surface area contributed by atoms with E-state index in [1.165, 1.54) is 0 Å². The van der Waals surface area contributed by atoms with Gasteiger partial charge in [0, 0.05) is 0 Å². The molecule has 0 atom stereocenters. The Hall–Kier alpha value is -1.83. The van der Waals surface area contributed by atoms with E-state index in [0.29, 0.717) is 5.56 Å². The predicted octanol–water partition coefficient (Wildman–Crippen LogP) is 3.17. The molecule has 1 aromatic carbocycles. The van der Waals surface area contributed by atoms with E-state index >= 15 is 0 Å². The van der Waals surface area contributed by atoms with Crippen LogP contribution in [-0.2, 0) is 11.2 Å². The molecule has 2 N–H and O–H groups in total. The quantitative estimate of drug-likeness (QED) is 0.812. The number of hydrogen-bond donors (Lipinski definition) is 2. The van der Waals surface area contributed by atoms with E-state index in [1.54, 1.807) is 12.1 Å². The van der Waals surface area contributed by atoms with E-state index < -0.39 is 18.1 Å². The number of benzene rings is 1. The summed E-state index contributed by atoms with van der Waals surface area (Å²) in [6.45, 7) is 0. The molecule has 1 aliphatic carbocycles. The largest absolute Gasteiger partial charge is 0.490 e. The molecule has 0 bridgehead atoms. The summed E-state index contributed by atoms with van der Waals surface area (Å²) in [4.78, 5) is 19.5. The van der Waals surface area contributed by atoms with Gasteiger partial charge in [-0.05, 0) is 29.7 Å². The monoisotopic (exact) mass is 354 g/mol. The minimum absolute atomic E-state index is 0. The lowest BCUT2D eigenvalue weighted by Gasteiger charge is -1.99. The van der Waals surface area contributed by atoms with Crippen LogP contribution in [0.25, 0.3) is 6.08 Å². The molecule has 110 valence electrons. The molecular formula is C12H10BrF3O4. The van der Waals surface area contributed by atoms with Gasteiger partial charge in [0.15, 0.2) is 0 Å². The summed E-state index contributed by atoms with van der Waals surface area (Å²) in [6.07, 6.45) is -0.173. The van der Waals surface area contributed by atoms with Crippen molar-refractivity contribution in [3.05, 3.63) is 41.0 Å². The zero-order chi connectivity index (χ0) is 14.6. The molecule has 0 unspecified atom stereocenters. The zero-order valence-electron chi connectivity index (χ0n) is 9.85. The predicted molar refractivity (Wildman–Crippen MR) is 70.2 cm³/mol. The van der Waals surface area contributed by atoms with Crippen molar-refractivity contribution in [2.45, 2.75) is 12.6 Å². The Labute approximate surface area is 122 Å². The van der Waals surface area contributed by atoms with E-state index in [4.69, 9.17) is 15.0 Å². The minimum atomic E-state index is -5.08. The van der Waals surface area contributed by atoms with Gasteiger partial charge < -0.3 is 10.2 Å². The average molecular weight is 355 g/mol. The van der Waals surface area contributed by atoms with Gasteiger partial charge >= 0.3 is 18.1 Å². The van der Waals surface area contributed by atoms with Crippen LogP contribution in [0, 0.1) is 0 Å². The number of alkyl halides is 3. The summed E-state index contributed by atoms with van der Waals surface area (Å²) in [6, 6.07) is 5.22. The summed E-state index contributed by atoms with van der Waals surface area (Å²) in [5.41, 5.74) is 2.62. The minimum Gasteiger partial charge on any atom is -0.478 e. The van der Waals surface area contributed by atoms with Crippen molar-refractivity contribution >= 4 is 35.0 Å². The molecule has 1 aromatic rings. The lowest BCUT2D eigenvalue weighted by molar-refractivity contribution is -0.192. The van der Waals surface area contributed by atoms with E-state index in [-0.39, 0.29) is 17.0 Å². The molecule has 0 saturated carbocycles. The Bertz CT molecular complexity index is 538. The van der Waals surface area contributed by atoms with Gasteiger partial charge in [0.1, 0.15) is 0 Å². The molecule has 1 aliphatic rings. The molecule has 0 saturated heterocycles. The van der Waals surface area contributed by atoms with Crippen molar-refractivity contribution < 1.29 is 33.0 Å². The first kappa shape index (κ1) is 18.2. The Morgan fingerprint density at radius 1 is 1.15 bits per heavy atom. The molecular weight excluding hydrogens is 345 g/mol. The van der Waals surface area contributed by atoms with Crippen molar-refractivity contribution in [2.24, 2.45) is 0 Å². The van der Waals surface area contributed by atoms with E-state index in [1.807, 2.05) is 18.2 Å². The normalized spacial score (nSPS) is 11.8. The Morgan fingerprint density at radius 2 is 1.70 bits per heavy atom. The van der Waals surface area contributed by atoms with Crippen molar-refractivity contribution in [3.63, 3.8) is 0 Å². The highest BCUT2D eigenvalue weighted by atomic mass is 79.9. The molecule has 0 fully saturated rings. The van der Waals surface area contributed by atoms with E-state index in [0.717, 1.165) is 17.5 Å². The molecule has 0 heterocycles. The van der Waals surface area contributed by atoms with Gasteiger partial charge in [0.05, 0.1) is 5.56 Å². The second-order valence-electron chi connectivity index (χ2n) is 3.63. The fraction of sp³-hybridized carbons (Fsp3) is 0.167.